The quantitative estimate of drug-likeness (QED) is 0.843. The van der Waals surface area contributed by atoms with Crippen LogP contribution in [-0.2, 0) is 4.79 Å². The van der Waals surface area contributed by atoms with Gasteiger partial charge in [0.2, 0.25) is 5.91 Å². The summed E-state index contributed by atoms with van der Waals surface area (Å²) in [5, 5.41) is 3.17. The van der Waals surface area contributed by atoms with Gasteiger partial charge in [0.05, 0.1) is 5.92 Å². The minimum absolute atomic E-state index is 0.0949. The number of nitrogens with zero attached hydrogens (tertiary/aromatic N) is 3. The van der Waals surface area contributed by atoms with Crippen LogP contribution >= 0.6 is 0 Å². The van der Waals surface area contributed by atoms with E-state index in [1.54, 1.807) is 0 Å². The van der Waals surface area contributed by atoms with Crippen LogP contribution in [0.15, 0.2) is 0 Å². The van der Waals surface area contributed by atoms with Crippen LogP contribution in [0.1, 0.15) is 36.3 Å². The maximum absolute atomic E-state index is 12.1. The summed E-state index contributed by atoms with van der Waals surface area (Å²) in [6.45, 7) is 7.66. The number of aryl methyl sites for hydroxylation is 2. The van der Waals surface area contributed by atoms with E-state index in [-0.39, 0.29) is 17.9 Å². The Morgan fingerprint density at radius 1 is 1.15 bits per heavy atom. The summed E-state index contributed by atoms with van der Waals surface area (Å²) in [6, 6.07) is 0.255. The zero-order valence-corrected chi connectivity index (χ0v) is 12.4. The van der Waals surface area contributed by atoms with Gasteiger partial charge in [-0.05, 0) is 33.6 Å². The van der Waals surface area contributed by atoms with Crippen LogP contribution in [0.5, 0.6) is 0 Å². The molecule has 0 unspecified atom stereocenters. The molecule has 5 heteroatoms. The highest BCUT2D eigenvalue weighted by molar-refractivity contribution is 5.80. The number of anilines is 1. The van der Waals surface area contributed by atoms with Gasteiger partial charge in [-0.25, -0.2) is 9.97 Å². The number of fused-ring (bicyclic) bond motifs is 3. The van der Waals surface area contributed by atoms with Crippen LogP contribution in [-0.4, -0.2) is 35.0 Å². The number of rotatable bonds is 1. The van der Waals surface area contributed by atoms with Crippen LogP contribution in [0.3, 0.4) is 0 Å². The standard InChI is InChI=1S/C15H22N4O/c1-9-10(2)16-11(3)17-14(9)19-7-12-5-4-6-13(8-19)18-15(12)20/h12-13H,4-8H2,1-3H3,(H,18,20)/t12-,13+/m1/s1. The number of carbonyl (C=O) groups is 1. The maximum Gasteiger partial charge on any atom is 0.225 e. The van der Waals surface area contributed by atoms with Gasteiger partial charge in [-0.2, -0.15) is 0 Å². The highest BCUT2D eigenvalue weighted by atomic mass is 16.2. The van der Waals surface area contributed by atoms with Crippen molar-refractivity contribution in [1.82, 2.24) is 15.3 Å². The highest BCUT2D eigenvalue weighted by Crippen LogP contribution is 2.27. The summed E-state index contributed by atoms with van der Waals surface area (Å²) in [5.41, 5.74) is 2.16. The third-order valence-corrected chi connectivity index (χ3v) is 4.48. The Morgan fingerprint density at radius 2 is 1.95 bits per heavy atom. The van der Waals surface area contributed by atoms with Crippen molar-refractivity contribution in [3.05, 3.63) is 17.1 Å². The highest BCUT2D eigenvalue weighted by Gasteiger charge is 2.33. The lowest BCUT2D eigenvalue weighted by Gasteiger charge is -2.30. The lowest BCUT2D eigenvalue weighted by molar-refractivity contribution is -0.124. The van der Waals surface area contributed by atoms with Crippen LogP contribution in [0.4, 0.5) is 5.82 Å². The molecule has 1 aromatic rings. The Balaban J connectivity index is 1.96. The smallest absolute Gasteiger partial charge is 0.225 e. The van der Waals surface area contributed by atoms with Crippen LogP contribution in [0, 0.1) is 26.7 Å². The first-order chi connectivity index (χ1) is 9.54. The normalized spacial score (nSPS) is 26.1. The summed E-state index contributed by atoms with van der Waals surface area (Å²) in [7, 11) is 0. The van der Waals surface area contributed by atoms with E-state index < -0.39 is 0 Å². The van der Waals surface area contributed by atoms with Crippen molar-refractivity contribution in [1.29, 1.82) is 0 Å². The second-order valence-electron chi connectivity index (χ2n) is 6.04. The first-order valence-electron chi connectivity index (χ1n) is 7.41. The lowest BCUT2D eigenvalue weighted by Crippen LogP contribution is -2.39. The number of amides is 1. The Morgan fingerprint density at radius 3 is 2.75 bits per heavy atom. The minimum Gasteiger partial charge on any atom is -0.353 e. The molecule has 1 amide bonds. The Hall–Kier alpha value is -1.65. The second-order valence-corrected chi connectivity index (χ2v) is 6.04. The molecule has 0 aromatic carbocycles. The van der Waals surface area contributed by atoms with Gasteiger partial charge in [0.15, 0.2) is 0 Å². The van der Waals surface area contributed by atoms with Crippen molar-refractivity contribution >= 4 is 11.7 Å². The van der Waals surface area contributed by atoms with Crippen LogP contribution < -0.4 is 10.2 Å². The molecular formula is C15H22N4O. The number of hydrogen-bond donors (Lipinski definition) is 1. The molecule has 1 aromatic heterocycles. The van der Waals surface area contributed by atoms with Gasteiger partial charge >= 0.3 is 0 Å². The van der Waals surface area contributed by atoms with Crippen molar-refractivity contribution in [2.75, 3.05) is 18.0 Å². The van der Waals surface area contributed by atoms with Crippen LogP contribution in [0.2, 0.25) is 0 Å². The first kappa shape index (κ1) is 13.3. The summed E-state index contributed by atoms with van der Waals surface area (Å²) in [5.74, 6) is 2.12. The van der Waals surface area contributed by atoms with Crippen molar-refractivity contribution in [3.63, 3.8) is 0 Å². The molecule has 3 heterocycles. The van der Waals surface area contributed by atoms with Crippen LogP contribution in [0.25, 0.3) is 0 Å². The average Bonchev–Trinajstić information content (AvgIpc) is 2.62. The van der Waals surface area contributed by atoms with E-state index in [0.717, 1.165) is 55.3 Å². The van der Waals surface area contributed by atoms with Gasteiger partial charge in [-0.1, -0.05) is 6.42 Å². The molecule has 1 N–H and O–H groups in total. The van der Waals surface area contributed by atoms with E-state index in [4.69, 9.17) is 0 Å². The Kier molecular flexibility index (Phi) is 3.36. The zero-order chi connectivity index (χ0) is 14.3. The molecule has 0 aliphatic carbocycles. The molecule has 20 heavy (non-hydrogen) atoms. The fraction of sp³-hybridized carbons (Fsp3) is 0.667. The summed E-state index contributed by atoms with van der Waals surface area (Å²) in [4.78, 5) is 23.4. The first-order valence-corrected chi connectivity index (χ1v) is 7.41. The average molecular weight is 274 g/mol. The zero-order valence-electron chi connectivity index (χ0n) is 12.4. The molecule has 2 atom stereocenters. The van der Waals surface area contributed by atoms with E-state index in [2.05, 4.69) is 27.1 Å². The Labute approximate surface area is 119 Å². The third kappa shape index (κ3) is 2.37. The lowest BCUT2D eigenvalue weighted by atomic mass is 9.99. The van der Waals surface area contributed by atoms with Crippen molar-refractivity contribution < 1.29 is 4.79 Å². The topological polar surface area (TPSA) is 58.1 Å². The van der Waals surface area contributed by atoms with Gasteiger partial charge in [0.1, 0.15) is 11.6 Å². The summed E-state index contributed by atoms with van der Waals surface area (Å²) in [6.07, 6.45) is 3.20. The maximum atomic E-state index is 12.1. The molecule has 0 spiro atoms. The van der Waals surface area contributed by atoms with E-state index in [1.165, 1.54) is 0 Å². The summed E-state index contributed by atoms with van der Waals surface area (Å²) >= 11 is 0. The predicted octanol–water partition coefficient (Wildman–Crippen LogP) is 1.51. The fourth-order valence-corrected chi connectivity index (χ4v) is 3.28. The molecule has 2 bridgehead atoms. The molecule has 0 radical (unpaired) electrons. The minimum atomic E-state index is 0.0949. The van der Waals surface area contributed by atoms with Crippen molar-refractivity contribution in [2.24, 2.45) is 5.92 Å². The molecule has 0 saturated carbocycles. The van der Waals surface area contributed by atoms with Gasteiger partial charge < -0.3 is 10.2 Å². The largest absolute Gasteiger partial charge is 0.353 e. The molecule has 2 aliphatic rings. The van der Waals surface area contributed by atoms with E-state index in [1.807, 2.05) is 13.8 Å². The molecule has 5 nitrogen and oxygen atoms in total. The monoisotopic (exact) mass is 274 g/mol. The molecule has 2 fully saturated rings. The molecule has 2 saturated heterocycles. The Bertz CT molecular complexity index is 543. The van der Waals surface area contributed by atoms with Gasteiger partial charge in [-0.3, -0.25) is 4.79 Å². The number of nitrogens with one attached hydrogen (secondary N) is 1. The number of hydrogen-bond acceptors (Lipinski definition) is 4. The van der Waals surface area contributed by atoms with E-state index >= 15 is 0 Å². The SMILES string of the molecule is Cc1nc(C)c(C)c(N2C[C@@H]3CCC[C@H](C2)C(=O)N3)n1. The molecule has 108 valence electrons. The second kappa shape index (κ2) is 5.04. The van der Waals surface area contributed by atoms with E-state index in [0.29, 0.717) is 0 Å². The van der Waals surface area contributed by atoms with Crippen molar-refractivity contribution in [2.45, 2.75) is 46.1 Å². The molecule has 2 aliphatic heterocycles. The molecule has 3 rings (SSSR count). The predicted molar refractivity (Wildman–Crippen MR) is 77.7 cm³/mol. The van der Waals surface area contributed by atoms with Gasteiger partial charge in [0, 0.05) is 30.4 Å². The summed E-state index contributed by atoms with van der Waals surface area (Å²) < 4.78 is 0. The third-order valence-electron chi connectivity index (χ3n) is 4.48. The number of aromatic nitrogens is 2. The number of carbonyl (C=O) groups excluding carboxylic acids is 1. The molecular weight excluding hydrogens is 252 g/mol. The van der Waals surface area contributed by atoms with Crippen molar-refractivity contribution in [3.8, 4) is 0 Å². The fourth-order valence-electron chi connectivity index (χ4n) is 3.28. The van der Waals surface area contributed by atoms with Gasteiger partial charge in [-0.15, -0.1) is 0 Å². The van der Waals surface area contributed by atoms with E-state index in [9.17, 15) is 4.79 Å². The van der Waals surface area contributed by atoms with Gasteiger partial charge in [0.25, 0.3) is 0 Å².